The van der Waals surface area contributed by atoms with Crippen molar-refractivity contribution >= 4 is 39.1 Å². The minimum atomic E-state index is -3.96. The van der Waals surface area contributed by atoms with Gasteiger partial charge in [-0.3, -0.25) is 14.4 Å². The van der Waals surface area contributed by atoms with Crippen LogP contribution >= 0.6 is 11.3 Å². The van der Waals surface area contributed by atoms with Crippen molar-refractivity contribution in [3.8, 4) is 0 Å². The first kappa shape index (κ1) is 21.5. The first-order valence-corrected chi connectivity index (χ1v) is 12.4. The SMILES string of the molecule is CC(C)N1C(=O)c2ccc(C(=O)N3CCC(NC(=O)c4ccsc4)CC3)cc2S1(=O)=O. The van der Waals surface area contributed by atoms with Gasteiger partial charge in [-0.05, 0) is 56.3 Å². The van der Waals surface area contributed by atoms with Gasteiger partial charge >= 0.3 is 0 Å². The molecule has 1 aromatic carbocycles. The van der Waals surface area contributed by atoms with Crippen molar-refractivity contribution in [1.29, 1.82) is 0 Å². The van der Waals surface area contributed by atoms with Crippen molar-refractivity contribution in [1.82, 2.24) is 14.5 Å². The van der Waals surface area contributed by atoms with Crippen molar-refractivity contribution in [2.75, 3.05) is 13.1 Å². The number of hydrogen-bond acceptors (Lipinski definition) is 6. The predicted octanol–water partition coefficient (Wildman–Crippen LogP) is 2.34. The molecule has 0 bridgehead atoms. The minimum Gasteiger partial charge on any atom is -0.349 e. The number of carbonyl (C=O) groups is 3. The second kappa shape index (κ2) is 8.08. The molecule has 2 aliphatic rings. The molecule has 4 rings (SSSR count). The highest BCUT2D eigenvalue weighted by atomic mass is 32.2. The Balaban J connectivity index is 1.44. The van der Waals surface area contributed by atoms with Crippen molar-refractivity contribution < 1.29 is 22.8 Å². The molecule has 10 heteroatoms. The maximum atomic E-state index is 13.0. The third-order valence-corrected chi connectivity index (χ3v) is 8.25. The Kier molecular flexibility index (Phi) is 5.61. The third kappa shape index (κ3) is 3.85. The lowest BCUT2D eigenvalue weighted by molar-refractivity contribution is 0.0696. The van der Waals surface area contributed by atoms with Crippen LogP contribution < -0.4 is 5.32 Å². The van der Waals surface area contributed by atoms with E-state index < -0.39 is 22.0 Å². The molecule has 3 heterocycles. The topological polar surface area (TPSA) is 104 Å². The average Bonchev–Trinajstić information content (AvgIpc) is 3.33. The van der Waals surface area contributed by atoms with Crippen LogP contribution in [-0.4, -0.2) is 60.5 Å². The molecule has 0 spiro atoms. The smallest absolute Gasteiger partial charge is 0.269 e. The average molecular weight is 462 g/mol. The van der Waals surface area contributed by atoms with E-state index in [1.807, 2.05) is 5.38 Å². The van der Waals surface area contributed by atoms with E-state index >= 15 is 0 Å². The van der Waals surface area contributed by atoms with Gasteiger partial charge in [0.05, 0.1) is 5.56 Å². The first-order chi connectivity index (χ1) is 14.7. The van der Waals surface area contributed by atoms with Gasteiger partial charge in [0.25, 0.3) is 27.7 Å². The van der Waals surface area contributed by atoms with Crippen LogP contribution in [0, 0.1) is 0 Å². The largest absolute Gasteiger partial charge is 0.349 e. The molecule has 31 heavy (non-hydrogen) atoms. The summed E-state index contributed by atoms with van der Waals surface area (Å²) in [7, 11) is -3.96. The summed E-state index contributed by atoms with van der Waals surface area (Å²) in [4.78, 5) is 39.2. The molecule has 0 saturated carbocycles. The monoisotopic (exact) mass is 461 g/mol. The third-order valence-electron chi connectivity index (χ3n) is 5.57. The molecule has 1 fully saturated rings. The molecule has 0 unspecified atom stereocenters. The molecule has 2 aliphatic heterocycles. The highest BCUT2D eigenvalue weighted by Gasteiger charge is 2.43. The summed E-state index contributed by atoms with van der Waals surface area (Å²) in [6.45, 7) is 4.17. The summed E-state index contributed by atoms with van der Waals surface area (Å²) in [5.41, 5.74) is 0.967. The zero-order valence-electron chi connectivity index (χ0n) is 17.2. The van der Waals surface area contributed by atoms with Crippen LogP contribution in [0.5, 0.6) is 0 Å². The van der Waals surface area contributed by atoms with Crippen LogP contribution in [0.4, 0.5) is 0 Å². The number of hydrogen-bond donors (Lipinski definition) is 1. The van der Waals surface area contributed by atoms with Crippen molar-refractivity contribution in [2.45, 2.75) is 43.7 Å². The van der Waals surface area contributed by atoms with E-state index in [1.165, 1.54) is 29.5 Å². The lowest BCUT2D eigenvalue weighted by atomic mass is 10.0. The number of piperidine rings is 1. The zero-order valence-corrected chi connectivity index (χ0v) is 18.8. The van der Waals surface area contributed by atoms with Crippen LogP contribution in [0.15, 0.2) is 39.9 Å². The number of benzene rings is 1. The molecule has 0 atom stereocenters. The minimum absolute atomic E-state index is 0.0194. The molecule has 0 aliphatic carbocycles. The van der Waals surface area contributed by atoms with Gasteiger partial charge in [0.1, 0.15) is 4.90 Å². The molecular formula is C21H23N3O5S2. The summed E-state index contributed by atoms with van der Waals surface area (Å²) < 4.78 is 26.4. The van der Waals surface area contributed by atoms with Gasteiger partial charge in [-0.1, -0.05) is 0 Å². The Morgan fingerprint density at radius 2 is 1.84 bits per heavy atom. The van der Waals surface area contributed by atoms with Gasteiger partial charge in [0.15, 0.2) is 0 Å². The number of nitrogens with zero attached hydrogens (tertiary/aromatic N) is 2. The molecule has 3 amide bonds. The number of amides is 3. The number of rotatable bonds is 4. The van der Waals surface area contributed by atoms with Gasteiger partial charge < -0.3 is 10.2 Å². The van der Waals surface area contributed by atoms with Crippen LogP contribution in [0.1, 0.15) is 57.8 Å². The maximum absolute atomic E-state index is 13.0. The number of likely N-dealkylation sites (tertiary alicyclic amines) is 1. The normalized spacial score (nSPS) is 18.4. The van der Waals surface area contributed by atoms with E-state index in [4.69, 9.17) is 0 Å². The number of nitrogens with one attached hydrogen (secondary N) is 1. The fourth-order valence-corrected chi connectivity index (χ4v) is 6.39. The number of sulfonamides is 1. The summed E-state index contributed by atoms with van der Waals surface area (Å²) in [5, 5.41) is 6.63. The van der Waals surface area contributed by atoms with Crippen molar-refractivity contribution in [3.05, 3.63) is 51.7 Å². The quantitative estimate of drug-likeness (QED) is 0.753. The van der Waals surface area contributed by atoms with Crippen LogP contribution in [0.25, 0.3) is 0 Å². The van der Waals surface area contributed by atoms with Crippen LogP contribution in [0.3, 0.4) is 0 Å². The summed E-state index contributed by atoms with van der Waals surface area (Å²) in [5.74, 6) is -0.962. The molecule has 1 saturated heterocycles. The Labute approximate surface area is 184 Å². The predicted molar refractivity (Wildman–Crippen MR) is 116 cm³/mol. The van der Waals surface area contributed by atoms with Gasteiger partial charge in [-0.25, -0.2) is 12.7 Å². The van der Waals surface area contributed by atoms with E-state index in [0.717, 1.165) is 4.31 Å². The highest BCUT2D eigenvalue weighted by Crippen LogP contribution is 2.33. The molecule has 1 N–H and O–H groups in total. The molecule has 8 nitrogen and oxygen atoms in total. The molecule has 164 valence electrons. The fraction of sp³-hybridized carbons (Fsp3) is 0.381. The molecular weight excluding hydrogens is 438 g/mol. The van der Waals surface area contributed by atoms with Gasteiger partial charge in [-0.2, -0.15) is 11.3 Å². The van der Waals surface area contributed by atoms with Crippen molar-refractivity contribution in [3.63, 3.8) is 0 Å². The van der Waals surface area contributed by atoms with Gasteiger partial charge in [-0.15, -0.1) is 0 Å². The summed E-state index contributed by atoms with van der Waals surface area (Å²) in [6.07, 6.45) is 1.23. The summed E-state index contributed by atoms with van der Waals surface area (Å²) >= 11 is 1.46. The number of thiophene rings is 1. The lowest BCUT2D eigenvalue weighted by Gasteiger charge is -2.32. The Morgan fingerprint density at radius 3 is 2.45 bits per heavy atom. The maximum Gasteiger partial charge on any atom is 0.269 e. The molecule has 0 radical (unpaired) electrons. The second-order valence-electron chi connectivity index (χ2n) is 7.96. The Hall–Kier alpha value is -2.72. The van der Waals surface area contributed by atoms with E-state index in [2.05, 4.69) is 5.32 Å². The Bertz CT molecular complexity index is 1130. The van der Waals surface area contributed by atoms with E-state index in [-0.39, 0.29) is 33.9 Å². The second-order valence-corrected chi connectivity index (χ2v) is 10.5. The van der Waals surface area contributed by atoms with Crippen LogP contribution in [-0.2, 0) is 10.0 Å². The zero-order chi connectivity index (χ0) is 22.3. The number of carbonyl (C=O) groups excluding carboxylic acids is 3. The van der Waals surface area contributed by atoms with Gasteiger partial charge in [0, 0.05) is 41.7 Å². The first-order valence-electron chi connectivity index (χ1n) is 10.1. The van der Waals surface area contributed by atoms with E-state index in [0.29, 0.717) is 31.5 Å². The molecule has 2 aromatic rings. The standard InChI is InChI=1S/C21H23N3O5S2/c1-13(2)24-21(27)17-4-3-14(11-18(17)31(24,28)29)20(26)23-8-5-16(6-9-23)22-19(25)15-7-10-30-12-15/h3-4,7,10-13,16H,5-6,8-9H2,1-2H3,(H,22,25). The summed E-state index contributed by atoms with van der Waals surface area (Å²) in [6, 6.07) is 5.46. The Morgan fingerprint density at radius 1 is 1.13 bits per heavy atom. The van der Waals surface area contributed by atoms with E-state index in [1.54, 1.807) is 30.2 Å². The van der Waals surface area contributed by atoms with E-state index in [9.17, 15) is 22.8 Å². The van der Waals surface area contributed by atoms with Gasteiger partial charge in [0.2, 0.25) is 0 Å². The fourth-order valence-electron chi connectivity index (χ4n) is 3.96. The number of fused-ring (bicyclic) bond motifs is 1. The van der Waals surface area contributed by atoms with Crippen LogP contribution in [0.2, 0.25) is 0 Å². The highest BCUT2D eigenvalue weighted by molar-refractivity contribution is 7.90. The lowest BCUT2D eigenvalue weighted by Crippen LogP contribution is -2.46. The molecule has 1 aromatic heterocycles. The van der Waals surface area contributed by atoms with Crippen molar-refractivity contribution in [2.24, 2.45) is 0 Å².